The number of aryl methyl sites for hydroxylation is 1. The third-order valence-corrected chi connectivity index (χ3v) is 3.05. The number of rotatable bonds is 3. The van der Waals surface area contributed by atoms with E-state index < -0.39 is 0 Å². The van der Waals surface area contributed by atoms with Gasteiger partial charge >= 0.3 is 0 Å². The van der Waals surface area contributed by atoms with Crippen LogP contribution in [0.25, 0.3) is 10.6 Å². The predicted octanol–water partition coefficient (Wildman–Crippen LogP) is 3.30. The van der Waals surface area contributed by atoms with Crippen LogP contribution in [0, 0.1) is 5.82 Å². The van der Waals surface area contributed by atoms with E-state index in [-0.39, 0.29) is 5.82 Å². The minimum Gasteiger partial charge on any atom is -0.206 e. The highest BCUT2D eigenvalue weighted by Crippen LogP contribution is 2.26. The van der Waals surface area contributed by atoms with Gasteiger partial charge in [-0.25, -0.2) is 4.39 Å². The molecule has 0 unspecified atom stereocenters. The normalized spacial score (nSPS) is 10.5. The van der Waals surface area contributed by atoms with Crippen molar-refractivity contribution >= 4 is 11.3 Å². The molecule has 15 heavy (non-hydrogen) atoms. The van der Waals surface area contributed by atoms with Crippen molar-refractivity contribution in [2.45, 2.75) is 19.8 Å². The summed E-state index contributed by atoms with van der Waals surface area (Å²) in [5.74, 6) is -0.239. The maximum Gasteiger partial charge on any atom is 0.150 e. The van der Waals surface area contributed by atoms with Gasteiger partial charge in [0.25, 0.3) is 0 Å². The average molecular weight is 222 g/mol. The van der Waals surface area contributed by atoms with Crippen molar-refractivity contribution in [3.05, 3.63) is 35.1 Å². The molecule has 0 atom stereocenters. The average Bonchev–Trinajstić information content (AvgIpc) is 2.68. The summed E-state index contributed by atoms with van der Waals surface area (Å²) in [4.78, 5) is 0. The van der Waals surface area contributed by atoms with Crippen LogP contribution in [-0.2, 0) is 6.42 Å². The molecular weight excluding hydrogens is 211 g/mol. The SMILES string of the molecule is CCCc1nnc(-c2ccccc2F)s1. The molecule has 0 saturated heterocycles. The lowest BCUT2D eigenvalue weighted by molar-refractivity contribution is 0.631. The van der Waals surface area contributed by atoms with E-state index in [1.807, 2.05) is 0 Å². The fourth-order valence-electron chi connectivity index (χ4n) is 1.31. The molecule has 1 heterocycles. The van der Waals surface area contributed by atoms with Gasteiger partial charge in [0.15, 0.2) is 5.01 Å². The first-order chi connectivity index (χ1) is 7.31. The highest BCUT2D eigenvalue weighted by atomic mass is 32.1. The van der Waals surface area contributed by atoms with Crippen LogP contribution < -0.4 is 0 Å². The molecule has 78 valence electrons. The summed E-state index contributed by atoms with van der Waals surface area (Å²) in [7, 11) is 0. The third kappa shape index (κ3) is 2.21. The fraction of sp³-hybridized carbons (Fsp3) is 0.273. The van der Waals surface area contributed by atoms with E-state index in [1.54, 1.807) is 18.2 Å². The molecule has 0 N–H and O–H groups in total. The van der Waals surface area contributed by atoms with Crippen molar-refractivity contribution in [3.63, 3.8) is 0 Å². The van der Waals surface area contributed by atoms with E-state index in [0.29, 0.717) is 10.6 Å². The van der Waals surface area contributed by atoms with Crippen molar-refractivity contribution in [2.24, 2.45) is 0 Å². The number of halogens is 1. The van der Waals surface area contributed by atoms with Gasteiger partial charge < -0.3 is 0 Å². The molecule has 0 fully saturated rings. The summed E-state index contributed by atoms with van der Waals surface area (Å²) in [6.45, 7) is 2.09. The molecule has 2 rings (SSSR count). The largest absolute Gasteiger partial charge is 0.206 e. The van der Waals surface area contributed by atoms with Crippen molar-refractivity contribution in [1.82, 2.24) is 10.2 Å². The van der Waals surface area contributed by atoms with Crippen LogP contribution in [0.3, 0.4) is 0 Å². The summed E-state index contributed by atoms with van der Waals surface area (Å²) in [6.07, 6.45) is 1.94. The second kappa shape index (κ2) is 4.49. The van der Waals surface area contributed by atoms with E-state index in [2.05, 4.69) is 17.1 Å². The molecule has 1 aromatic carbocycles. The van der Waals surface area contributed by atoms with Crippen molar-refractivity contribution in [1.29, 1.82) is 0 Å². The lowest BCUT2D eigenvalue weighted by Gasteiger charge is -1.95. The number of benzene rings is 1. The molecule has 2 nitrogen and oxygen atoms in total. The van der Waals surface area contributed by atoms with Crippen LogP contribution in [0.1, 0.15) is 18.4 Å². The topological polar surface area (TPSA) is 25.8 Å². The number of aromatic nitrogens is 2. The zero-order chi connectivity index (χ0) is 10.7. The Morgan fingerprint density at radius 3 is 2.80 bits per heavy atom. The number of nitrogens with zero attached hydrogens (tertiary/aromatic N) is 2. The summed E-state index contributed by atoms with van der Waals surface area (Å²) in [5, 5.41) is 9.65. The summed E-state index contributed by atoms with van der Waals surface area (Å²) in [6, 6.07) is 6.65. The molecule has 0 bridgehead atoms. The molecule has 0 radical (unpaired) electrons. The van der Waals surface area contributed by atoms with Crippen LogP contribution in [0.2, 0.25) is 0 Å². The molecule has 0 spiro atoms. The zero-order valence-corrected chi connectivity index (χ0v) is 9.22. The van der Waals surface area contributed by atoms with Crippen LogP contribution in [-0.4, -0.2) is 10.2 Å². The second-order valence-electron chi connectivity index (χ2n) is 3.23. The highest BCUT2D eigenvalue weighted by molar-refractivity contribution is 7.14. The third-order valence-electron chi connectivity index (χ3n) is 2.03. The molecule has 0 aliphatic carbocycles. The van der Waals surface area contributed by atoms with Gasteiger partial charge in [0.2, 0.25) is 0 Å². The lowest BCUT2D eigenvalue weighted by Crippen LogP contribution is -1.82. The Hall–Kier alpha value is -1.29. The van der Waals surface area contributed by atoms with E-state index in [1.165, 1.54) is 17.4 Å². The van der Waals surface area contributed by atoms with E-state index >= 15 is 0 Å². The summed E-state index contributed by atoms with van der Waals surface area (Å²) >= 11 is 1.46. The van der Waals surface area contributed by atoms with E-state index in [9.17, 15) is 4.39 Å². The van der Waals surface area contributed by atoms with Gasteiger partial charge in [-0.2, -0.15) is 0 Å². The first-order valence-corrected chi connectivity index (χ1v) is 5.70. The molecular formula is C11H11FN2S. The van der Waals surface area contributed by atoms with Gasteiger partial charge in [0.05, 0.1) is 0 Å². The first kappa shape index (κ1) is 10.2. The van der Waals surface area contributed by atoms with Gasteiger partial charge in [0, 0.05) is 12.0 Å². The van der Waals surface area contributed by atoms with Crippen LogP contribution >= 0.6 is 11.3 Å². The Morgan fingerprint density at radius 1 is 1.27 bits per heavy atom. The second-order valence-corrected chi connectivity index (χ2v) is 4.29. The molecule has 2 aromatic rings. The smallest absolute Gasteiger partial charge is 0.150 e. The van der Waals surface area contributed by atoms with Crippen molar-refractivity contribution in [3.8, 4) is 10.6 Å². The zero-order valence-electron chi connectivity index (χ0n) is 8.40. The monoisotopic (exact) mass is 222 g/mol. The fourth-order valence-corrected chi connectivity index (χ4v) is 2.28. The Labute approximate surface area is 91.8 Å². The molecule has 0 saturated carbocycles. The molecule has 4 heteroatoms. The van der Waals surface area contributed by atoms with E-state index in [0.717, 1.165) is 17.8 Å². The van der Waals surface area contributed by atoms with Gasteiger partial charge in [-0.05, 0) is 18.6 Å². The van der Waals surface area contributed by atoms with Gasteiger partial charge in [0.1, 0.15) is 10.8 Å². The summed E-state index contributed by atoms with van der Waals surface area (Å²) in [5.41, 5.74) is 0.539. The Bertz CT molecular complexity index is 453. The van der Waals surface area contributed by atoms with E-state index in [4.69, 9.17) is 0 Å². The summed E-state index contributed by atoms with van der Waals surface area (Å²) < 4.78 is 13.4. The Morgan fingerprint density at radius 2 is 2.07 bits per heavy atom. The maximum absolute atomic E-state index is 13.4. The lowest BCUT2D eigenvalue weighted by atomic mass is 10.2. The van der Waals surface area contributed by atoms with Crippen LogP contribution in [0.15, 0.2) is 24.3 Å². The quantitative estimate of drug-likeness (QED) is 0.796. The number of hydrogen-bond acceptors (Lipinski definition) is 3. The number of hydrogen-bond donors (Lipinski definition) is 0. The van der Waals surface area contributed by atoms with Gasteiger partial charge in [-0.3, -0.25) is 0 Å². The maximum atomic E-state index is 13.4. The van der Waals surface area contributed by atoms with Crippen molar-refractivity contribution in [2.75, 3.05) is 0 Å². The minimum absolute atomic E-state index is 0.239. The molecule has 0 aliphatic rings. The predicted molar refractivity (Wildman–Crippen MR) is 59.3 cm³/mol. The van der Waals surface area contributed by atoms with Crippen LogP contribution in [0.4, 0.5) is 4.39 Å². The standard InChI is InChI=1S/C11H11FN2S/c1-2-5-10-13-14-11(15-10)8-6-3-4-7-9(8)12/h3-4,6-7H,2,5H2,1H3. The Kier molecular flexibility index (Phi) is 3.06. The Balaban J connectivity index is 2.33. The van der Waals surface area contributed by atoms with Crippen LogP contribution in [0.5, 0.6) is 0 Å². The van der Waals surface area contributed by atoms with Gasteiger partial charge in [-0.15, -0.1) is 10.2 Å². The van der Waals surface area contributed by atoms with Crippen molar-refractivity contribution < 1.29 is 4.39 Å². The molecule has 1 aromatic heterocycles. The first-order valence-electron chi connectivity index (χ1n) is 4.88. The molecule has 0 aliphatic heterocycles. The van der Waals surface area contributed by atoms with Gasteiger partial charge in [-0.1, -0.05) is 30.4 Å². The highest BCUT2D eigenvalue weighted by Gasteiger charge is 2.09. The minimum atomic E-state index is -0.239. The molecule has 0 amide bonds.